The average Bonchev–Trinajstić information content (AvgIpc) is 2.31. The van der Waals surface area contributed by atoms with Gasteiger partial charge in [0.1, 0.15) is 0 Å². The minimum absolute atomic E-state index is 0.554. The molecule has 1 rings (SSSR count). The quantitative estimate of drug-likeness (QED) is 0.654. The molecule has 0 amide bonds. The third-order valence-corrected chi connectivity index (χ3v) is 1.66. The molecule has 0 saturated heterocycles. The Kier molecular flexibility index (Phi) is 2.83. The van der Waals surface area contributed by atoms with E-state index in [-0.39, 0.29) is 0 Å². The van der Waals surface area contributed by atoms with Gasteiger partial charge in [0, 0.05) is 30.9 Å². The van der Waals surface area contributed by atoms with Gasteiger partial charge in [0.2, 0.25) is 0 Å². The molecule has 0 spiro atoms. The largest absolute Gasteiger partial charge is 0.309 e. The van der Waals surface area contributed by atoms with Crippen LogP contribution in [0.2, 0.25) is 0 Å². The molecule has 1 aliphatic rings. The van der Waals surface area contributed by atoms with Crippen LogP contribution in [0.5, 0.6) is 0 Å². The Morgan fingerprint density at radius 2 is 2.36 bits per heavy atom. The van der Waals surface area contributed by atoms with Crippen molar-refractivity contribution in [3.8, 4) is 0 Å². The van der Waals surface area contributed by atoms with Crippen LogP contribution in [-0.4, -0.2) is 18.3 Å². The second kappa shape index (κ2) is 3.67. The van der Waals surface area contributed by atoms with Crippen LogP contribution in [0.4, 0.5) is 0 Å². The van der Waals surface area contributed by atoms with E-state index in [1.165, 1.54) is 11.3 Å². The van der Waals surface area contributed by atoms with Crippen molar-refractivity contribution < 1.29 is 0 Å². The number of nitrogens with one attached hydrogen (secondary N) is 1. The van der Waals surface area contributed by atoms with Gasteiger partial charge < -0.3 is 5.32 Å². The normalized spacial score (nSPS) is 17.1. The minimum atomic E-state index is 0.554. The summed E-state index contributed by atoms with van der Waals surface area (Å²) in [7, 11) is 0. The highest BCUT2D eigenvalue weighted by atomic mass is 14.9. The number of nitrogens with zero attached hydrogens (tertiary/aromatic N) is 1. The molecular formula is C9H16N2. The van der Waals surface area contributed by atoms with Crippen LogP contribution < -0.4 is 5.32 Å². The van der Waals surface area contributed by atoms with Crippen LogP contribution in [-0.2, 0) is 0 Å². The van der Waals surface area contributed by atoms with E-state index >= 15 is 0 Å². The van der Waals surface area contributed by atoms with Crippen molar-refractivity contribution in [1.82, 2.24) is 5.32 Å². The van der Waals surface area contributed by atoms with Crippen molar-refractivity contribution in [2.75, 3.05) is 6.54 Å². The van der Waals surface area contributed by atoms with E-state index in [1.807, 2.05) is 6.20 Å². The van der Waals surface area contributed by atoms with Crippen LogP contribution in [0.25, 0.3) is 0 Å². The highest BCUT2D eigenvalue weighted by molar-refractivity contribution is 5.90. The fourth-order valence-corrected chi connectivity index (χ4v) is 1.04. The molecule has 11 heavy (non-hydrogen) atoms. The standard InChI is InChI=1S/C9H16N2/c1-7(2)10-6-9-4-8(3)5-11-9/h5,7,10H,4,6H2,1-3H3. The highest BCUT2D eigenvalue weighted by Gasteiger charge is 2.05. The molecule has 1 aliphatic heterocycles. The molecule has 0 fully saturated rings. The van der Waals surface area contributed by atoms with Gasteiger partial charge in [-0.15, -0.1) is 0 Å². The van der Waals surface area contributed by atoms with Crippen LogP contribution in [0, 0.1) is 0 Å². The summed E-state index contributed by atoms with van der Waals surface area (Å²) in [5.74, 6) is 0. The molecule has 0 aromatic rings. The first-order chi connectivity index (χ1) is 5.18. The lowest BCUT2D eigenvalue weighted by molar-refractivity contribution is 0.641. The van der Waals surface area contributed by atoms with E-state index in [1.54, 1.807) is 0 Å². The maximum Gasteiger partial charge on any atom is 0.0358 e. The minimum Gasteiger partial charge on any atom is -0.309 e. The average molecular weight is 152 g/mol. The first kappa shape index (κ1) is 8.47. The fraction of sp³-hybridized carbons (Fsp3) is 0.667. The molecule has 1 heterocycles. The number of allylic oxidation sites excluding steroid dienone is 1. The van der Waals surface area contributed by atoms with Crippen LogP contribution in [0.15, 0.2) is 16.8 Å². The predicted molar refractivity (Wildman–Crippen MR) is 48.9 cm³/mol. The Labute approximate surface area is 68.4 Å². The third kappa shape index (κ3) is 2.85. The van der Waals surface area contributed by atoms with Gasteiger partial charge >= 0.3 is 0 Å². The maximum atomic E-state index is 4.28. The summed E-state index contributed by atoms with van der Waals surface area (Å²) < 4.78 is 0. The van der Waals surface area contributed by atoms with Crippen LogP contribution in [0.1, 0.15) is 27.2 Å². The van der Waals surface area contributed by atoms with Crippen molar-refractivity contribution in [3.05, 3.63) is 11.8 Å². The summed E-state index contributed by atoms with van der Waals surface area (Å²) in [5, 5.41) is 3.34. The van der Waals surface area contributed by atoms with Gasteiger partial charge in [0.25, 0.3) is 0 Å². The molecule has 0 radical (unpaired) electrons. The van der Waals surface area contributed by atoms with Crippen LogP contribution >= 0.6 is 0 Å². The molecule has 0 atom stereocenters. The van der Waals surface area contributed by atoms with Crippen molar-refractivity contribution in [1.29, 1.82) is 0 Å². The molecule has 2 nitrogen and oxygen atoms in total. The molecule has 62 valence electrons. The summed E-state index contributed by atoms with van der Waals surface area (Å²) >= 11 is 0. The predicted octanol–water partition coefficient (Wildman–Crippen LogP) is 1.73. The summed E-state index contributed by atoms with van der Waals surface area (Å²) in [6.07, 6.45) is 3.01. The zero-order valence-corrected chi connectivity index (χ0v) is 7.52. The lowest BCUT2D eigenvalue weighted by Gasteiger charge is -2.07. The van der Waals surface area contributed by atoms with E-state index in [0.29, 0.717) is 6.04 Å². The topological polar surface area (TPSA) is 24.4 Å². The number of rotatable bonds is 3. The Morgan fingerprint density at radius 3 is 2.82 bits per heavy atom. The van der Waals surface area contributed by atoms with E-state index in [9.17, 15) is 0 Å². The molecule has 0 bridgehead atoms. The van der Waals surface area contributed by atoms with Gasteiger partial charge in [-0.3, -0.25) is 4.99 Å². The first-order valence-electron chi connectivity index (χ1n) is 4.13. The number of hydrogen-bond donors (Lipinski definition) is 1. The van der Waals surface area contributed by atoms with E-state index in [0.717, 1.165) is 13.0 Å². The van der Waals surface area contributed by atoms with E-state index < -0.39 is 0 Å². The molecule has 0 unspecified atom stereocenters. The Hall–Kier alpha value is -0.630. The molecule has 0 aromatic heterocycles. The SMILES string of the molecule is CC1=CN=C(CNC(C)C)C1. The van der Waals surface area contributed by atoms with Crippen molar-refractivity contribution in [2.24, 2.45) is 4.99 Å². The Morgan fingerprint density at radius 1 is 1.64 bits per heavy atom. The molecule has 1 N–H and O–H groups in total. The summed E-state index contributed by atoms with van der Waals surface area (Å²) in [5.41, 5.74) is 2.63. The zero-order valence-electron chi connectivity index (χ0n) is 7.52. The van der Waals surface area contributed by atoms with Crippen LogP contribution in [0.3, 0.4) is 0 Å². The molecule has 0 aliphatic carbocycles. The Balaban J connectivity index is 2.21. The van der Waals surface area contributed by atoms with Gasteiger partial charge in [0.05, 0.1) is 0 Å². The second-order valence-electron chi connectivity index (χ2n) is 3.38. The maximum absolute atomic E-state index is 4.28. The van der Waals surface area contributed by atoms with Gasteiger partial charge in [-0.25, -0.2) is 0 Å². The smallest absolute Gasteiger partial charge is 0.0358 e. The van der Waals surface area contributed by atoms with E-state index in [2.05, 4.69) is 31.1 Å². The molecule has 0 saturated carbocycles. The molecular weight excluding hydrogens is 136 g/mol. The summed E-state index contributed by atoms with van der Waals surface area (Å²) in [6.45, 7) is 7.35. The molecule has 0 aromatic carbocycles. The van der Waals surface area contributed by atoms with Crippen molar-refractivity contribution in [2.45, 2.75) is 33.2 Å². The van der Waals surface area contributed by atoms with Gasteiger partial charge in [-0.2, -0.15) is 0 Å². The summed E-state index contributed by atoms with van der Waals surface area (Å²) in [6, 6.07) is 0.554. The number of aliphatic imine (C=N–C) groups is 1. The lowest BCUT2D eigenvalue weighted by atomic mass is 10.2. The van der Waals surface area contributed by atoms with Crippen molar-refractivity contribution in [3.63, 3.8) is 0 Å². The monoisotopic (exact) mass is 152 g/mol. The Bertz CT molecular complexity index is 190. The zero-order chi connectivity index (χ0) is 8.27. The molecule has 2 heteroatoms. The summed E-state index contributed by atoms with van der Waals surface area (Å²) in [4.78, 5) is 4.28. The fourth-order valence-electron chi connectivity index (χ4n) is 1.04. The second-order valence-corrected chi connectivity index (χ2v) is 3.38. The first-order valence-corrected chi connectivity index (χ1v) is 4.13. The lowest BCUT2D eigenvalue weighted by Crippen LogP contribution is -2.28. The van der Waals surface area contributed by atoms with Gasteiger partial charge in [-0.05, 0) is 12.5 Å². The van der Waals surface area contributed by atoms with Gasteiger partial charge in [0.15, 0.2) is 0 Å². The van der Waals surface area contributed by atoms with Crippen molar-refractivity contribution >= 4 is 5.71 Å². The van der Waals surface area contributed by atoms with Gasteiger partial charge in [-0.1, -0.05) is 13.8 Å². The van der Waals surface area contributed by atoms with E-state index in [4.69, 9.17) is 0 Å². The number of hydrogen-bond acceptors (Lipinski definition) is 2. The third-order valence-electron chi connectivity index (χ3n) is 1.66. The highest BCUT2D eigenvalue weighted by Crippen LogP contribution is 2.09.